The quantitative estimate of drug-likeness (QED) is 0.443. The summed E-state index contributed by atoms with van der Waals surface area (Å²) in [5.74, 6) is -0.375. The fourth-order valence-electron chi connectivity index (χ4n) is 6.60. The van der Waals surface area contributed by atoms with E-state index in [1.165, 1.54) is 0 Å². The number of para-hydroxylation sites is 1. The van der Waals surface area contributed by atoms with Gasteiger partial charge in [-0.2, -0.15) is 0 Å². The van der Waals surface area contributed by atoms with Gasteiger partial charge in [-0.1, -0.05) is 37.3 Å². The van der Waals surface area contributed by atoms with Crippen LogP contribution in [0.1, 0.15) is 43.7 Å². The smallest absolute Gasteiger partial charge is 0.264 e. The van der Waals surface area contributed by atoms with Gasteiger partial charge in [0.25, 0.3) is 5.91 Å². The summed E-state index contributed by atoms with van der Waals surface area (Å²) in [7, 11) is -3.20. The van der Waals surface area contributed by atoms with E-state index in [0.29, 0.717) is 19.4 Å². The van der Waals surface area contributed by atoms with Crippen molar-refractivity contribution in [1.29, 1.82) is 0 Å². The fourth-order valence-corrected chi connectivity index (χ4v) is 9.14. The topological polar surface area (TPSA) is 70.1 Å². The summed E-state index contributed by atoms with van der Waals surface area (Å²) >= 11 is 0. The van der Waals surface area contributed by atoms with Crippen molar-refractivity contribution in [2.45, 2.75) is 69.5 Å². The number of carbonyl (C=O) groups excluding carboxylic acids is 2. The highest BCUT2D eigenvalue weighted by atomic mass is 28.4. The van der Waals surface area contributed by atoms with E-state index in [9.17, 15) is 14.7 Å². The zero-order valence-electron chi connectivity index (χ0n) is 21.2. The molecule has 2 saturated heterocycles. The number of anilines is 2. The van der Waals surface area contributed by atoms with E-state index in [2.05, 4.69) is 0 Å². The Morgan fingerprint density at radius 2 is 1.83 bits per heavy atom. The van der Waals surface area contributed by atoms with Crippen molar-refractivity contribution < 1.29 is 23.5 Å². The lowest BCUT2D eigenvalue weighted by molar-refractivity contribution is -0.146. The van der Waals surface area contributed by atoms with Gasteiger partial charge in [0.15, 0.2) is 5.60 Å². The SMILES string of the molecule is C[C@@H]1[C@@H]([Si](C)(C)F)[C@H](CCO)O[C@@]12C(=O)N(Cc1ccc(N3CCCCC3=O)cc1)c1ccccc12. The van der Waals surface area contributed by atoms with Crippen LogP contribution in [0.15, 0.2) is 48.5 Å². The molecule has 1 N–H and O–H groups in total. The second-order valence-corrected chi connectivity index (χ2v) is 14.7. The Kier molecular flexibility index (Phi) is 6.55. The van der Waals surface area contributed by atoms with Crippen LogP contribution in [-0.2, 0) is 26.5 Å². The zero-order chi connectivity index (χ0) is 25.7. The zero-order valence-corrected chi connectivity index (χ0v) is 22.2. The molecular formula is C28H35FN2O4Si. The third kappa shape index (κ3) is 3.99. The molecule has 3 aliphatic rings. The van der Waals surface area contributed by atoms with Gasteiger partial charge in [0.1, 0.15) is 0 Å². The monoisotopic (exact) mass is 510 g/mol. The van der Waals surface area contributed by atoms with E-state index in [1.54, 1.807) is 18.0 Å². The lowest BCUT2D eigenvalue weighted by atomic mass is 9.82. The number of piperidine rings is 1. The number of ether oxygens (including phenoxy) is 1. The van der Waals surface area contributed by atoms with Crippen LogP contribution < -0.4 is 9.80 Å². The largest absolute Gasteiger partial charge is 0.396 e. The minimum Gasteiger partial charge on any atom is -0.396 e. The number of fused-ring (bicyclic) bond motifs is 2. The van der Waals surface area contributed by atoms with Crippen LogP contribution in [0.5, 0.6) is 0 Å². The molecule has 0 radical (unpaired) electrons. The van der Waals surface area contributed by atoms with Crippen LogP contribution in [0.4, 0.5) is 15.5 Å². The minimum absolute atomic E-state index is 0.111. The molecule has 3 aliphatic heterocycles. The van der Waals surface area contributed by atoms with Gasteiger partial charge in [-0.3, -0.25) is 9.59 Å². The Labute approximate surface area is 213 Å². The molecule has 192 valence electrons. The number of benzene rings is 2. The molecule has 2 fully saturated rings. The Hall–Kier alpha value is -2.55. The highest BCUT2D eigenvalue weighted by molar-refractivity contribution is 6.72. The van der Waals surface area contributed by atoms with Gasteiger partial charge in [0, 0.05) is 42.3 Å². The van der Waals surface area contributed by atoms with E-state index < -0.39 is 25.7 Å². The molecule has 0 saturated carbocycles. The predicted octanol–water partition coefficient (Wildman–Crippen LogP) is 4.91. The maximum Gasteiger partial charge on any atom is 0.264 e. The van der Waals surface area contributed by atoms with Gasteiger partial charge in [0.05, 0.1) is 18.3 Å². The van der Waals surface area contributed by atoms with Gasteiger partial charge < -0.3 is 23.8 Å². The normalized spacial score (nSPS) is 28.3. The van der Waals surface area contributed by atoms with Crippen LogP contribution in [0.2, 0.25) is 18.6 Å². The number of rotatable bonds is 6. The molecular weight excluding hydrogens is 475 g/mol. The van der Waals surface area contributed by atoms with Crippen molar-refractivity contribution in [3.05, 3.63) is 59.7 Å². The summed E-state index contributed by atoms with van der Waals surface area (Å²) in [6.07, 6.45) is 2.33. The van der Waals surface area contributed by atoms with Gasteiger partial charge >= 0.3 is 0 Å². The molecule has 2 amide bonds. The Morgan fingerprint density at radius 1 is 1.11 bits per heavy atom. The fraction of sp³-hybridized carbons (Fsp3) is 0.500. The summed E-state index contributed by atoms with van der Waals surface area (Å²) in [4.78, 5) is 30.0. The van der Waals surface area contributed by atoms with Crippen molar-refractivity contribution in [2.24, 2.45) is 5.92 Å². The lowest BCUT2D eigenvalue weighted by Crippen LogP contribution is -2.45. The van der Waals surface area contributed by atoms with E-state index in [4.69, 9.17) is 4.74 Å². The molecule has 0 aliphatic carbocycles. The van der Waals surface area contributed by atoms with E-state index >= 15 is 4.11 Å². The molecule has 2 aromatic carbocycles. The molecule has 4 atom stereocenters. The number of halogens is 1. The molecule has 0 bridgehead atoms. The number of nitrogens with zero attached hydrogens (tertiary/aromatic N) is 2. The first kappa shape index (κ1) is 25.1. The van der Waals surface area contributed by atoms with Crippen LogP contribution in [0.3, 0.4) is 0 Å². The summed E-state index contributed by atoms with van der Waals surface area (Å²) in [6, 6.07) is 15.5. The summed E-state index contributed by atoms with van der Waals surface area (Å²) < 4.78 is 22.1. The van der Waals surface area contributed by atoms with Crippen LogP contribution in [0, 0.1) is 5.92 Å². The third-order valence-corrected chi connectivity index (χ3v) is 10.7. The first-order chi connectivity index (χ1) is 17.2. The standard InChI is InChI=1S/C28H35FN2O4Si/c1-19-26(36(2,3)29)24(15-17-32)35-28(19)22-8-4-5-9-23(22)31(27(28)34)18-20-11-13-21(14-12-20)30-16-7-6-10-25(30)33/h4-5,8-9,11-14,19,24,26,32H,6-7,10,15-18H2,1-3H3/t19-,24+,26-,28+/m1/s1. The molecule has 3 heterocycles. The van der Waals surface area contributed by atoms with Crippen LogP contribution >= 0.6 is 0 Å². The average Bonchev–Trinajstić information content (AvgIpc) is 3.27. The summed E-state index contributed by atoms with van der Waals surface area (Å²) in [6.45, 7) is 6.24. The van der Waals surface area contributed by atoms with Crippen molar-refractivity contribution >= 4 is 31.6 Å². The number of amides is 2. The van der Waals surface area contributed by atoms with E-state index in [-0.39, 0.29) is 24.3 Å². The van der Waals surface area contributed by atoms with E-state index in [0.717, 1.165) is 41.9 Å². The van der Waals surface area contributed by atoms with E-state index in [1.807, 2.05) is 60.4 Å². The number of hydrogen-bond donors (Lipinski definition) is 1. The van der Waals surface area contributed by atoms with Crippen molar-refractivity contribution in [3.8, 4) is 0 Å². The van der Waals surface area contributed by atoms with Crippen molar-refractivity contribution in [2.75, 3.05) is 23.0 Å². The maximum atomic E-state index is 15.5. The third-order valence-electron chi connectivity index (χ3n) is 8.19. The molecule has 0 aromatic heterocycles. The van der Waals surface area contributed by atoms with Crippen LogP contribution in [-0.4, -0.2) is 44.6 Å². The lowest BCUT2D eigenvalue weighted by Gasteiger charge is -2.31. The van der Waals surface area contributed by atoms with Gasteiger partial charge in [0.2, 0.25) is 14.3 Å². The second-order valence-electron chi connectivity index (χ2n) is 10.9. The van der Waals surface area contributed by atoms with Gasteiger partial charge in [-0.15, -0.1) is 0 Å². The molecule has 0 unspecified atom stereocenters. The Balaban J connectivity index is 1.46. The first-order valence-electron chi connectivity index (χ1n) is 13.0. The number of hydrogen-bond acceptors (Lipinski definition) is 4. The minimum atomic E-state index is -3.20. The molecule has 36 heavy (non-hydrogen) atoms. The summed E-state index contributed by atoms with van der Waals surface area (Å²) in [5.41, 5.74) is 1.73. The Bertz CT molecular complexity index is 1150. The Morgan fingerprint density at radius 3 is 2.50 bits per heavy atom. The summed E-state index contributed by atoms with van der Waals surface area (Å²) in [5, 5.41) is 9.66. The molecule has 1 spiro atoms. The molecule has 2 aromatic rings. The maximum absolute atomic E-state index is 15.5. The van der Waals surface area contributed by atoms with Gasteiger partial charge in [-0.05, 0) is 56.1 Å². The molecule has 6 nitrogen and oxygen atoms in total. The van der Waals surface area contributed by atoms with Crippen molar-refractivity contribution in [1.82, 2.24) is 0 Å². The number of carbonyl (C=O) groups is 2. The highest BCUT2D eigenvalue weighted by Gasteiger charge is 2.66. The van der Waals surface area contributed by atoms with Crippen LogP contribution in [0.25, 0.3) is 0 Å². The van der Waals surface area contributed by atoms with Gasteiger partial charge in [-0.25, -0.2) is 0 Å². The molecule has 5 rings (SSSR count). The average molecular weight is 511 g/mol. The highest BCUT2D eigenvalue weighted by Crippen LogP contribution is 2.60. The van der Waals surface area contributed by atoms with Crippen molar-refractivity contribution in [3.63, 3.8) is 0 Å². The number of aliphatic hydroxyl groups is 1. The first-order valence-corrected chi connectivity index (χ1v) is 15.9. The predicted molar refractivity (Wildman–Crippen MR) is 140 cm³/mol. The second kappa shape index (κ2) is 9.39. The number of aliphatic hydroxyl groups excluding tert-OH is 1. The molecule has 8 heteroatoms.